The van der Waals surface area contributed by atoms with Crippen molar-refractivity contribution < 1.29 is 24.0 Å². The van der Waals surface area contributed by atoms with E-state index >= 15 is 0 Å². The van der Waals surface area contributed by atoms with Crippen LogP contribution in [0.3, 0.4) is 0 Å². The summed E-state index contributed by atoms with van der Waals surface area (Å²) in [4.78, 5) is 31.1. The lowest BCUT2D eigenvalue weighted by atomic mass is 10.1. The summed E-state index contributed by atoms with van der Waals surface area (Å²) < 4.78 is 8.98. The lowest BCUT2D eigenvalue weighted by molar-refractivity contribution is -0.385. The minimum absolute atomic E-state index is 0.00611. The number of hydrogen-bond donors (Lipinski definition) is 0. The summed E-state index contributed by atoms with van der Waals surface area (Å²) in [6, 6.07) is 4.16. The Kier molecular flexibility index (Phi) is 4.15. The van der Waals surface area contributed by atoms with Gasteiger partial charge in [0.2, 0.25) is 5.75 Å². The van der Waals surface area contributed by atoms with Crippen LogP contribution in [0.1, 0.15) is 5.56 Å². The number of benzene rings is 1. The monoisotopic (exact) mass is 239 g/mol. The SMILES string of the molecule is COc1c(CC(=O)OC=O)cccc1[N+](=O)[O-]. The summed E-state index contributed by atoms with van der Waals surface area (Å²) in [5.41, 5.74) is 0.0393. The van der Waals surface area contributed by atoms with Gasteiger partial charge >= 0.3 is 18.1 Å². The fourth-order valence-electron chi connectivity index (χ4n) is 1.34. The number of carbonyl (C=O) groups excluding carboxylic acids is 2. The van der Waals surface area contributed by atoms with Crippen molar-refractivity contribution in [2.24, 2.45) is 0 Å². The Labute approximate surface area is 96.1 Å². The number of methoxy groups -OCH3 is 1. The molecule has 0 fully saturated rings. The van der Waals surface area contributed by atoms with E-state index in [0.717, 1.165) is 0 Å². The van der Waals surface area contributed by atoms with Crippen LogP contribution in [0.5, 0.6) is 5.75 Å². The molecule has 0 heterocycles. The Morgan fingerprint density at radius 2 is 2.24 bits per heavy atom. The zero-order valence-electron chi connectivity index (χ0n) is 8.91. The van der Waals surface area contributed by atoms with Gasteiger partial charge in [-0.15, -0.1) is 0 Å². The molecule has 0 saturated carbocycles. The highest BCUT2D eigenvalue weighted by Crippen LogP contribution is 2.30. The highest BCUT2D eigenvalue weighted by atomic mass is 16.6. The highest BCUT2D eigenvalue weighted by Gasteiger charge is 2.20. The smallest absolute Gasteiger partial charge is 0.317 e. The van der Waals surface area contributed by atoms with Crippen molar-refractivity contribution >= 4 is 18.1 Å². The number of nitro groups is 1. The molecule has 17 heavy (non-hydrogen) atoms. The first-order chi connectivity index (χ1) is 8.10. The van der Waals surface area contributed by atoms with Crippen molar-refractivity contribution in [3.63, 3.8) is 0 Å². The quantitative estimate of drug-likeness (QED) is 0.248. The molecule has 0 N–H and O–H groups in total. The van der Waals surface area contributed by atoms with Crippen LogP contribution in [0.4, 0.5) is 5.69 Å². The molecule has 7 heteroatoms. The molecule has 1 aromatic carbocycles. The summed E-state index contributed by atoms with van der Waals surface area (Å²) in [5, 5.41) is 10.7. The second-order valence-corrected chi connectivity index (χ2v) is 2.99. The summed E-state index contributed by atoms with van der Waals surface area (Å²) in [6.07, 6.45) is -0.274. The number of para-hydroxylation sites is 1. The minimum Gasteiger partial charge on any atom is -0.490 e. The highest BCUT2D eigenvalue weighted by molar-refractivity contribution is 5.79. The van der Waals surface area contributed by atoms with E-state index in [4.69, 9.17) is 4.74 Å². The van der Waals surface area contributed by atoms with Gasteiger partial charge in [-0.1, -0.05) is 12.1 Å². The van der Waals surface area contributed by atoms with Gasteiger partial charge in [-0.05, 0) is 0 Å². The molecular weight excluding hydrogens is 230 g/mol. The lowest BCUT2D eigenvalue weighted by Gasteiger charge is -2.07. The van der Waals surface area contributed by atoms with Crippen LogP contribution in [-0.2, 0) is 20.7 Å². The van der Waals surface area contributed by atoms with Crippen molar-refractivity contribution in [2.45, 2.75) is 6.42 Å². The van der Waals surface area contributed by atoms with Gasteiger partial charge in [-0.3, -0.25) is 19.7 Å². The molecule has 0 radical (unpaired) electrons. The maximum absolute atomic E-state index is 11.1. The van der Waals surface area contributed by atoms with E-state index in [1.807, 2.05) is 0 Å². The van der Waals surface area contributed by atoms with Crippen molar-refractivity contribution in [3.05, 3.63) is 33.9 Å². The van der Waals surface area contributed by atoms with E-state index in [9.17, 15) is 19.7 Å². The summed E-state index contributed by atoms with van der Waals surface area (Å²) in [6.45, 7) is 0.00611. The molecule has 0 atom stereocenters. The normalized spacial score (nSPS) is 9.47. The molecule has 90 valence electrons. The molecule has 1 rings (SSSR count). The zero-order valence-corrected chi connectivity index (χ0v) is 8.91. The van der Waals surface area contributed by atoms with Gasteiger partial charge in [0.1, 0.15) is 0 Å². The first-order valence-electron chi connectivity index (χ1n) is 4.53. The predicted octanol–water partition coefficient (Wildman–Crippen LogP) is 0.845. The fourth-order valence-corrected chi connectivity index (χ4v) is 1.34. The largest absolute Gasteiger partial charge is 0.490 e. The Balaban J connectivity index is 3.07. The second-order valence-electron chi connectivity index (χ2n) is 2.99. The van der Waals surface area contributed by atoms with E-state index in [2.05, 4.69) is 4.74 Å². The Morgan fingerprint density at radius 1 is 1.53 bits per heavy atom. The van der Waals surface area contributed by atoms with E-state index in [1.165, 1.54) is 25.3 Å². The van der Waals surface area contributed by atoms with Gasteiger partial charge in [-0.2, -0.15) is 0 Å². The molecule has 1 aromatic rings. The van der Waals surface area contributed by atoms with Crippen LogP contribution in [0, 0.1) is 10.1 Å². The van der Waals surface area contributed by atoms with Crippen LogP contribution >= 0.6 is 0 Å². The lowest BCUT2D eigenvalue weighted by Crippen LogP contribution is -2.08. The molecule has 0 bridgehead atoms. The first kappa shape index (κ1) is 12.6. The number of carbonyl (C=O) groups is 2. The van der Waals surface area contributed by atoms with E-state index in [1.54, 1.807) is 0 Å². The molecule has 7 nitrogen and oxygen atoms in total. The average Bonchev–Trinajstić information content (AvgIpc) is 2.28. The molecule has 0 amide bonds. The van der Waals surface area contributed by atoms with Gasteiger partial charge in [0.25, 0.3) is 0 Å². The van der Waals surface area contributed by atoms with E-state index in [-0.39, 0.29) is 29.9 Å². The van der Waals surface area contributed by atoms with Gasteiger partial charge < -0.3 is 9.47 Å². The maximum atomic E-state index is 11.1. The summed E-state index contributed by atoms with van der Waals surface area (Å²) in [5.74, 6) is -0.820. The number of ether oxygens (including phenoxy) is 2. The number of esters is 1. The van der Waals surface area contributed by atoms with Gasteiger partial charge in [-0.25, -0.2) is 0 Å². The van der Waals surface area contributed by atoms with Crippen LogP contribution < -0.4 is 4.74 Å². The number of rotatable bonds is 5. The van der Waals surface area contributed by atoms with Crippen LogP contribution in [0.25, 0.3) is 0 Å². The predicted molar refractivity (Wildman–Crippen MR) is 55.5 cm³/mol. The van der Waals surface area contributed by atoms with E-state index in [0.29, 0.717) is 0 Å². The van der Waals surface area contributed by atoms with Crippen LogP contribution in [-0.4, -0.2) is 24.5 Å². The van der Waals surface area contributed by atoms with Crippen molar-refractivity contribution in [3.8, 4) is 5.75 Å². The molecule has 0 aromatic heterocycles. The minimum atomic E-state index is -0.807. The number of nitrogens with zero attached hydrogens (tertiary/aromatic N) is 1. The number of hydrogen-bond acceptors (Lipinski definition) is 6. The third kappa shape index (κ3) is 3.00. The average molecular weight is 239 g/mol. The molecule has 0 aliphatic rings. The standard InChI is InChI=1S/C10H9NO6/c1-16-10-7(5-9(13)17-6-12)3-2-4-8(10)11(14)15/h2-4,6H,5H2,1H3. The molecule has 0 aliphatic heterocycles. The van der Waals surface area contributed by atoms with Gasteiger partial charge in [0, 0.05) is 11.6 Å². The fraction of sp³-hybridized carbons (Fsp3) is 0.200. The van der Waals surface area contributed by atoms with Gasteiger partial charge in [0.05, 0.1) is 18.5 Å². The molecular formula is C10H9NO6. The molecule has 0 saturated heterocycles. The van der Waals surface area contributed by atoms with E-state index < -0.39 is 10.9 Å². The van der Waals surface area contributed by atoms with Crippen molar-refractivity contribution in [2.75, 3.05) is 7.11 Å². The maximum Gasteiger partial charge on any atom is 0.317 e. The third-order valence-corrected chi connectivity index (χ3v) is 1.99. The van der Waals surface area contributed by atoms with Crippen molar-refractivity contribution in [1.82, 2.24) is 0 Å². The number of nitro benzene ring substituents is 1. The van der Waals surface area contributed by atoms with Gasteiger partial charge in [0.15, 0.2) is 0 Å². The molecule has 0 aliphatic carbocycles. The summed E-state index contributed by atoms with van der Waals surface area (Å²) >= 11 is 0. The Morgan fingerprint density at radius 3 is 2.76 bits per heavy atom. The Bertz CT molecular complexity index is 456. The Hall–Kier alpha value is -2.44. The van der Waals surface area contributed by atoms with Crippen LogP contribution in [0.15, 0.2) is 18.2 Å². The third-order valence-electron chi connectivity index (χ3n) is 1.99. The zero-order chi connectivity index (χ0) is 12.8. The summed E-state index contributed by atoms with van der Waals surface area (Å²) in [7, 11) is 1.26. The molecule has 0 spiro atoms. The first-order valence-corrected chi connectivity index (χ1v) is 4.53. The second kappa shape index (κ2) is 5.59. The topological polar surface area (TPSA) is 95.7 Å². The molecule has 0 unspecified atom stereocenters. The van der Waals surface area contributed by atoms with Crippen LogP contribution in [0.2, 0.25) is 0 Å². The van der Waals surface area contributed by atoms with Crippen molar-refractivity contribution in [1.29, 1.82) is 0 Å².